The maximum absolute atomic E-state index is 15.6. The minimum atomic E-state index is -3.56. The zero-order chi connectivity index (χ0) is 44.6. The number of fused-ring (bicyclic) bond motifs is 2. The predicted octanol–water partition coefficient (Wildman–Crippen LogP) is 5.61. The van der Waals surface area contributed by atoms with E-state index in [1.165, 1.54) is 10.4 Å². The van der Waals surface area contributed by atoms with Crippen molar-refractivity contribution in [3.8, 4) is 0 Å². The zero-order valence-electron chi connectivity index (χ0n) is 35.8. The molecule has 16 nitrogen and oxygen atoms in total. The van der Waals surface area contributed by atoms with Crippen LogP contribution in [0.2, 0.25) is 0 Å². The SMILES string of the molecule is Cc1cnc(Nc2ccc(C3CCN(CCOCCNc4cccc5c4C(=O)N(C4CCC(=O)NC4=O)C5=O)CC3)c(F)c2)nc1Nc1ccc2c(c1)N(S(=O)(=O)C(C)(C)C)CC2. The van der Waals surface area contributed by atoms with Crippen LogP contribution < -0.4 is 25.6 Å². The van der Waals surface area contributed by atoms with Crippen molar-refractivity contribution >= 4 is 68.2 Å². The Balaban J connectivity index is 0.787. The van der Waals surface area contributed by atoms with E-state index in [2.05, 4.69) is 36.1 Å². The average molecular weight is 882 g/mol. The minimum Gasteiger partial charge on any atom is -0.382 e. The molecule has 8 rings (SSSR count). The van der Waals surface area contributed by atoms with Gasteiger partial charge in [-0.15, -0.1) is 0 Å². The van der Waals surface area contributed by atoms with Crippen LogP contribution in [0.4, 0.5) is 38.9 Å². The van der Waals surface area contributed by atoms with Gasteiger partial charge < -0.3 is 25.6 Å². The molecular weight excluding hydrogens is 830 g/mol. The Morgan fingerprint density at radius 2 is 1.67 bits per heavy atom. The molecule has 2 saturated heterocycles. The van der Waals surface area contributed by atoms with Crippen LogP contribution in [0.15, 0.2) is 60.8 Å². The molecule has 3 aromatic carbocycles. The first-order valence-corrected chi connectivity index (χ1v) is 22.7. The van der Waals surface area contributed by atoms with Crippen LogP contribution in [0.5, 0.6) is 0 Å². The van der Waals surface area contributed by atoms with Gasteiger partial charge in [-0.05, 0) is 120 Å². The van der Waals surface area contributed by atoms with Crippen molar-refractivity contribution in [1.82, 2.24) is 25.1 Å². The maximum atomic E-state index is 15.6. The Labute approximate surface area is 366 Å². The van der Waals surface area contributed by atoms with Crippen LogP contribution in [0.3, 0.4) is 0 Å². The molecule has 0 bridgehead atoms. The van der Waals surface area contributed by atoms with E-state index in [1.807, 2.05) is 37.3 Å². The molecule has 4 amide bonds. The fourth-order valence-electron chi connectivity index (χ4n) is 8.52. The van der Waals surface area contributed by atoms with Gasteiger partial charge in [-0.2, -0.15) is 4.98 Å². The van der Waals surface area contributed by atoms with Gasteiger partial charge in [0.2, 0.25) is 27.8 Å². The number of imide groups is 2. The van der Waals surface area contributed by atoms with Gasteiger partial charge in [0.25, 0.3) is 11.8 Å². The number of aromatic nitrogens is 2. The molecule has 1 atom stereocenters. The number of hydrogen-bond acceptors (Lipinski definition) is 13. The number of benzene rings is 3. The van der Waals surface area contributed by atoms with E-state index in [0.717, 1.165) is 42.0 Å². The zero-order valence-corrected chi connectivity index (χ0v) is 36.6. The number of sulfonamides is 1. The van der Waals surface area contributed by atoms with Crippen LogP contribution in [0, 0.1) is 12.7 Å². The van der Waals surface area contributed by atoms with Crippen molar-refractivity contribution in [2.24, 2.45) is 0 Å². The molecule has 4 aliphatic heterocycles. The van der Waals surface area contributed by atoms with Gasteiger partial charge in [-0.3, -0.25) is 33.7 Å². The molecule has 18 heteroatoms. The lowest BCUT2D eigenvalue weighted by atomic mass is 9.89. The van der Waals surface area contributed by atoms with Crippen LogP contribution in [-0.2, 0) is 30.8 Å². The molecule has 63 heavy (non-hydrogen) atoms. The topological polar surface area (TPSA) is 195 Å². The predicted molar refractivity (Wildman–Crippen MR) is 237 cm³/mol. The molecule has 0 saturated carbocycles. The van der Waals surface area contributed by atoms with Crippen molar-refractivity contribution in [1.29, 1.82) is 0 Å². The summed E-state index contributed by atoms with van der Waals surface area (Å²) >= 11 is 0. The first-order chi connectivity index (χ1) is 30.1. The summed E-state index contributed by atoms with van der Waals surface area (Å²) in [6.45, 7) is 10.9. The lowest BCUT2D eigenvalue weighted by Crippen LogP contribution is -2.54. The molecule has 5 heterocycles. The fraction of sp³-hybridized carbons (Fsp3) is 0.422. The van der Waals surface area contributed by atoms with Gasteiger partial charge in [0.15, 0.2) is 0 Å². The standard InChI is InChI=1S/C45H52FN9O7S/c1-27-26-48-44(52-40(27)49-31-9-8-29-16-20-54(37(29)25-31)63(60,61)45(2,3)4)50-30-10-11-32(34(46)24-30)28-14-18-53(19-15-28)21-23-62-22-17-47-35-7-5-6-33-39(35)43(59)55(42(33)58)36-12-13-38(56)51-41(36)57/h5-11,24-26,28,36,47H,12-23H2,1-4H3,(H,51,56,57)(H2,48,49,50,52). The molecule has 2 fully saturated rings. The highest BCUT2D eigenvalue weighted by Gasteiger charge is 2.45. The molecule has 4 N–H and O–H groups in total. The number of hydrogen-bond donors (Lipinski definition) is 4. The monoisotopic (exact) mass is 881 g/mol. The van der Waals surface area contributed by atoms with Gasteiger partial charge in [0, 0.05) is 54.9 Å². The largest absolute Gasteiger partial charge is 0.382 e. The van der Waals surface area contributed by atoms with Crippen molar-refractivity contribution in [2.45, 2.75) is 76.5 Å². The number of carbonyl (C=O) groups is 4. The number of likely N-dealkylation sites (tertiary alicyclic amines) is 1. The number of amides is 4. The van der Waals surface area contributed by atoms with E-state index in [1.54, 1.807) is 45.2 Å². The van der Waals surface area contributed by atoms with Gasteiger partial charge in [-0.25, -0.2) is 17.8 Å². The Hall–Kier alpha value is -5.98. The first kappa shape index (κ1) is 43.7. The Bertz CT molecular complexity index is 2580. The minimum absolute atomic E-state index is 0.0546. The van der Waals surface area contributed by atoms with E-state index < -0.39 is 44.4 Å². The molecule has 332 valence electrons. The molecule has 4 aliphatic rings. The Kier molecular flexibility index (Phi) is 12.2. The number of ether oxygens (including phenoxy) is 1. The van der Waals surface area contributed by atoms with Gasteiger partial charge in [0.05, 0.1) is 34.8 Å². The summed E-state index contributed by atoms with van der Waals surface area (Å²) < 4.78 is 48.6. The van der Waals surface area contributed by atoms with Gasteiger partial charge in [0.1, 0.15) is 17.7 Å². The third-order valence-electron chi connectivity index (χ3n) is 12.1. The molecule has 1 aromatic heterocycles. The summed E-state index contributed by atoms with van der Waals surface area (Å²) in [5.41, 5.74) is 5.18. The number of anilines is 6. The van der Waals surface area contributed by atoms with Crippen LogP contribution in [-0.4, -0.2) is 109 Å². The second-order valence-electron chi connectivity index (χ2n) is 17.3. The van der Waals surface area contributed by atoms with Crippen LogP contribution >= 0.6 is 0 Å². The van der Waals surface area contributed by atoms with Crippen molar-refractivity contribution in [3.05, 3.63) is 94.4 Å². The number of nitrogens with zero attached hydrogens (tertiary/aromatic N) is 5. The lowest BCUT2D eigenvalue weighted by Gasteiger charge is -2.32. The Morgan fingerprint density at radius 3 is 2.41 bits per heavy atom. The summed E-state index contributed by atoms with van der Waals surface area (Å²) in [4.78, 5) is 62.8. The van der Waals surface area contributed by atoms with E-state index in [4.69, 9.17) is 4.74 Å². The van der Waals surface area contributed by atoms with E-state index >= 15 is 4.39 Å². The number of carbonyl (C=O) groups excluding carboxylic acids is 4. The number of piperidine rings is 2. The average Bonchev–Trinajstić information content (AvgIpc) is 3.78. The summed E-state index contributed by atoms with van der Waals surface area (Å²) in [6, 6.07) is 14.7. The molecule has 4 aromatic rings. The van der Waals surface area contributed by atoms with Crippen LogP contribution in [0.1, 0.15) is 89.8 Å². The summed E-state index contributed by atoms with van der Waals surface area (Å²) in [7, 11) is -3.56. The Morgan fingerprint density at radius 1 is 0.905 bits per heavy atom. The summed E-state index contributed by atoms with van der Waals surface area (Å²) in [5.74, 6) is -1.60. The molecule has 0 aliphatic carbocycles. The van der Waals surface area contributed by atoms with E-state index in [0.29, 0.717) is 73.4 Å². The number of nitrogens with one attached hydrogen (secondary N) is 4. The smallest absolute Gasteiger partial charge is 0.264 e. The maximum Gasteiger partial charge on any atom is 0.264 e. The summed E-state index contributed by atoms with van der Waals surface area (Å²) in [6.07, 6.45) is 4.06. The number of rotatable bonds is 14. The highest BCUT2D eigenvalue weighted by atomic mass is 32.2. The lowest BCUT2D eigenvalue weighted by molar-refractivity contribution is -0.136. The fourth-order valence-corrected chi connectivity index (χ4v) is 9.94. The van der Waals surface area contributed by atoms with Gasteiger partial charge >= 0.3 is 0 Å². The van der Waals surface area contributed by atoms with Crippen LogP contribution in [0.25, 0.3) is 0 Å². The van der Waals surface area contributed by atoms with E-state index in [9.17, 15) is 27.6 Å². The number of halogens is 1. The number of aryl methyl sites for hydroxylation is 1. The summed E-state index contributed by atoms with van der Waals surface area (Å²) in [5, 5.41) is 11.8. The highest BCUT2D eigenvalue weighted by Crippen LogP contribution is 2.38. The van der Waals surface area contributed by atoms with Crippen molar-refractivity contribution in [2.75, 3.05) is 66.2 Å². The molecular formula is C45H52FN9O7S. The second-order valence-corrected chi connectivity index (χ2v) is 19.9. The quantitative estimate of drug-likeness (QED) is 0.0903. The third-order valence-corrected chi connectivity index (χ3v) is 14.6. The van der Waals surface area contributed by atoms with Crippen molar-refractivity contribution in [3.63, 3.8) is 0 Å². The highest BCUT2D eigenvalue weighted by molar-refractivity contribution is 7.94. The van der Waals surface area contributed by atoms with E-state index in [-0.39, 0.29) is 41.7 Å². The third kappa shape index (κ3) is 8.97. The van der Waals surface area contributed by atoms with Gasteiger partial charge in [-0.1, -0.05) is 18.2 Å². The van der Waals surface area contributed by atoms with Crippen molar-refractivity contribution < 1.29 is 36.7 Å². The second kappa shape index (κ2) is 17.7. The normalized spacial score (nSPS) is 18.4. The molecule has 1 unspecified atom stereocenters. The first-order valence-electron chi connectivity index (χ1n) is 21.3. The molecule has 0 spiro atoms. The molecule has 0 radical (unpaired) electrons.